The van der Waals surface area contributed by atoms with E-state index in [0.717, 1.165) is 0 Å². The number of carbonyl (C=O) groups is 1. The number of carbonyl (C=O) groups excluding carboxylic acids is 1. The van der Waals surface area contributed by atoms with Crippen molar-refractivity contribution < 1.29 is 9.90 Å². The molecule has 1 saturated heterocycles. The number of halogens is 1. The molecule has 17 heavy (non-hydrogen) atoms. The molecule has 1 aliphatic heterocycles. The van der Waals surface area contributed by atoms with Crippen molar-refractivity contribution in [2.75, 3.05) is 13.1 Å². The zero-order valence-electron chi connectivity index (χ0n) is 9.66. The summed E-state index contributed by atoms with van der Waals surface area (Å²) in [7, 11) is 0. The summed E-state index contributed by atoms with van der Waals surface area (Å²) >= 11 is 5.92. The van der Waals surface area contributed by atoms with Crippen molar-refractivity contribution in [2.24, 2.45) is 0 Å². The van der Waals surface area contributed by atoms with E-state index in [1.165, 1.54) is 0 Å². The van der Waals surface area contributed by atoms with E-state index in [0.29, 0.717) is 19.5 Å². The van der Waals surface area contributed by atoms with Crippen LogP contribution in [0.25, 0.3) is 0 Å². The molecule has 0 aliphatic carbocycles. The number of aliphatic hydroxyl groups is 1. The number of aromatic nitrogens is 2. The minimum absolute atomic E-state index is 0.101. The zero-order valence-corrected chi connectivity index (χ0v) is 10.4. The summed E-state index contributed by atoms with van der Waals surface area (Å²) in [6.07, 6.45) is 5.14. The van der Waals surface area contributed by atoms with Crippen molar-refractivity contribution >= 4 is 17.5 Å². The fourth-order valence-corrected chi connectivity index (χ4v) is 2.22. The summed E-state index contributed by atoms with van der Waals surface area (Å²) in [5.74, 6) is -0.101. The third-order valence-corrected chi connectivity index (χ3v) is 3.60. The van der Waals surface area contributed by atoms with Crippen LogP contribution in [0.3, 0.4) is 0 Å². The average molecular weight is 258 g/mol. The Balaban J connectivity index is 2.05. The molecule has 0 bridgehead atoms. The standard InChI is InChI=1S/C11H16ClN3O2/c1-2-8(12)11(17)15-5-9(10(16)6-15)14-4-3-13-7-14/h3-4,7-10,16H,2,5-6H2,1H3/t8-,9-,10+/m0/s1. The Kier molecular flexibility index (Phi) is 3.69. The molecule has 1 aromatic heterocycles. The number of β-amino-alcohol motifs (C(OH)–C–C–N with tert-alkyl or cyclic N) is 1. The minimum Gasteiger partial charge on any atom is -0.389 e. The lowest BCUT2D eigenvalue weighted by Crippen LogP contribution is -2.35. The number of rotatable bonds is 3. The molecule has 0 aromatic carbocycles. The molecule has 0 unspecified atom stereocenters. The zero-order chi connectivity index (χ0) is 12.4. The molecule has 1 aromatic rings. The van der Waals surface area contributed by atoms with Crippen molar-refractivity contribution in [3.8, 4) is 0 Å². The Hall–Kier alpha value is -1.07. The van der Waals surface area contributed by atoms with Gasteiger partial charge in [-0.05, 0) is 6.42 Å². The predicted octanol–water partition coefficient (Wildman–Crippen LogP) is 0.645. The second-order valence-electron chi connectivity index (χ2n) is 4.26. The maximum absolute atomic E-state index is 11.9. The highest BCUT2D eigenvalue weighted by Crippen LogP contribution is 2.23. The molecular weight excluding hydrogens is 242 g/mol. The molecule has 94 valence electrons. The maximum atomic E-state index is 11.9. The Morgan fingerprint density at radius 1 is 1.65 bits per heavy atom. The largest absolute Gasteiger partial charge is 0.389 e. The van der Waals surface area contributed by atoms with Crippen LogP contribution in [-0.4, -0.2) is 50.0 Å². The number of aliphatic hydroxyl groups excluding tert-OH is 1. The van der Waals surface area contributed by atoms with Crippen LogP contribution in [-0.2, 0) is 4.79 Å². The summed E-state index contributed by atoms with van der Waals surface area (Å²) < 4.78 is 1.83. The van der Waals surface area contributed by atoms with E-state index in [1.807, 2.05) is 11.5 Å². The first-order valence-corrected chi connectivity index (χ1v) is 6.15. The first kappa shape index (κ1) is 12.4. The van der Waals surface area contributed by atoms with Gasteiger partial charge in [-0.1, -0.05) is 6.92 Å². The van der Waals surface area contributed by atoms with Gasteiger partial charge in [-0.2, -0.15) is 0 Å². The quantitative estimate of drug-likeness (QED) is 0.809. The van der Waals surface area contributed by atoms with Gasteiger partial charge < -0.3 is 14.6 Å². The number of nitrogens with zero attached hydrogens (tertiary/aromatic N) is 3. The third-order valence-electron chi connectivity index (χ3n) is 3.10. The molecule has 0 spiro atoms. The summed E-state index contributed by atoms with van der Waals surface area (Å²) in [5.41, 5.74) is 0. The van der Waals surface area contributed by atoms with Gasteiger partial charge >= 0.3 is 0 Å². The SMILES string of the molecule is CC[C@H](Cl)C(=O)N1C[C@@H](O)[C@@H](n2ccnc2)C1. The lowest BCUT2D eigenvalue weighted by molar-refractivity contribution is -0.130. The highest BCUT2D eigenvalue weighted by atomic mass is 35.5. The Morgan fingerprint density at radius 2 is 2.41 bits per heavy atom. The number of amides is 1. The molecule has 1 amide bonds. The first-order valence-electron chi connectivity index (χ1n) is 5.71. The van der Waals surface area contributed by atoms with Gasteiger partial charge in [-0.3, -0.25) is 4.79 Å². The molecule has 2 rings (SSSR count). The van der Waals surface area contributed by atoms with E-state index in [9.17, 15) is 9.90 Å². The van der Waals surface area contributed by atoms with Crippen LogP contribution in [0.4, 0.5) is 0 Å². The van der Waals surface area contributed by atoms with Gasteiger partial charge in [-0.15, -0.1) is 11.6 Å². The highest BCUT2D eigenvalue weighted by Gasteiger charge is 2.36. The van der Waals surface area contributed by atoms with Crippen molar-refractivity contribution in [2.45, 2.75) is 30.9 Å². The van der Waals surface area contributed by atoms with Crippen molar-refractivity contribution in [1.82, 2.24) is 14.5 Å². The van der Waals surface area contributed by atoms with E-state index in [-0.39, 0.29) is 11.9 Å². The van der Waals surface area contributed by atoms with E-state index >= 15 is 0 Å². The monoisotopic (exact) mass is 257 g/mol. The van der Waals surface area contributed by atoms with Crippen LogP contribution < -0.4 is 0 Å². The number of likely N-dealkylation sites (tertiary alicyclic amines) is 1. The maximum Gasteiger partial charge on any atom is 0.240 e. The summed E-state index contributed by atoms with van der Waals surface area (Å²) in [4.78, 5) is 17.5. The predicted molar refractivity (Wildman–Crippen MR) is 63.8 cm³/mol. The van der Waals surface area contributed by atoms with Crippen LogP contribution in [0, 0.1) is 0 Å². The number of hydrogen-bond donors (Lipinski definition) is 1. The Bertz CT molecular complexity index is 382. The van der Waals surface area contributed by atoms with Crippen molar-refractivity contribution in [3.05, 3.63) is 18.7 Å². The normalized spacial score (nSPS) is 26.2. The fourth-order valence-electron chi connectivity index (χ4n) is 2.08. The molecule has 0 saturated carbocycles. The van der Waals surface area contributed by atoms with Crippen LogP contribution in [0.5, 0.6) is 0 Å². The summed E-state index contributed by atoms with van der Waals surface area (Å²) in [5, 5.41) is 9.45. The van der Waals surface area contributed by atoms with Crippen LogP contribution in [0.15, 0.2) is 18.7 Å². The van der Waals surface area contributed by atoms with E-state index < -0.39 is 11.5 Å². The van der Waals surface area contributed by atoms with Gasteiger partial charge in [0.15, 0.2) is 0 Å². The number of imidazole rings is 1. The number of hydrogen-bond acceptors (Lipinski definition) is 3. The van der Waals surface area contributed by atoms with Crippen LogP contribution in [0.1, 0.15) is 19.4 Å². The van der Waals surface area contributed by atoms with E-state index in [2.05, 4.69) is 4.98 Å². The second kappa shape index (κ2) is 5.06. The molecule has 3 atom stereocenters. The summed E-state index contributed by atoms with van der Waals surface area (Å²) in [6, 6.07) is -0.123. The Labute approximate surface area is 105 Å². The van der Waals surface area contributed by atoms with E-state index in [1.54, 1.807) is 23.6 Å². The Morgan fingerprint density at radius 3 is 3.00 bits per heavy atom. The van der Waals surface area contributed by atoms with E-state index in [4.69, 9.17) is 11.6 Å². The molecule has 1 aliphatic rings. The van der Waals surface area contributed by atoms with Crippen LogP contribution >= 0.6 is 11.6 Å². The molecule has 5 nitrogen and oxygen atoms in total. The molecule has 0 radical (unpaired) electrons. The molecule has 1 fully saturated rings. The van der Waals surface area contributed by atoms with Gasteiger partial charge in [0.1, 0.15) is 5.38 Å². The molecule has 1 N–H and O–H groups in total. The second-order valence-corrected chi connectivity index (χ2v) is 4.79. The lowest BCUT2D eigenvalue weighted by atomic mass is 10.2. The number of alkyl halides is 1. The van der Waals surface area contributed by atoms with Crippen LogP contribution in [0.2, 0.25) is 0 Å². The topological polar surface area (TPSA) is 58.4 Å². The molecule has 2 heterocycles. The minimum atomic E-state index is -0.561. The third kappa shape index (κ3) is 2.45. The average Bonchev–Trinajstić information content (AvgIpc) is 2.95. The van der Waals surface area contributed by atoms with Gasteiger partial charge in [0.25, 0.3) is 0 Å². The van der Waals surface area contributed by atoms with Crippen molar-refractivity contribution in [1.29, 1.82) is 0 Å². The summed E-state index contributed by atoms with van der Waals surface area (Å²) in [6.45, 7) is 2.69. The first-order chi connectivity index (χ1) is 8.13. The fraction of sp³-hybridized carbons (Fsp3) is 0.636. The van der Waals surface area contributed by atoms with Gasteiger partial charge in [-0.25, -0.2) is 4.98 Å². The highest BCUT2D eigenvalue weighted by molar-refractivity contribution is 6.30. The van der Waals surface area contributed by atoms with Crippen molar-refractivity contribution in [3.63, 3.8) is 0 Å². The molecule has 6 heteroatoms. The van der Waals surface area contributed by atoms with Gasteiger partial charge in [0, 0.05) is 25.5 Å². The lowest BCUT2D eigenvalue weighted by Gasteiger charge is -2.18. The van der Waals surface area contributed by atoms with Gasteiger partial charge in [0.05, 0.1) is 18.5 Å². The molecular formula is C11H16ClN3O2. The van der Waals surface area contributed by atoms with Gasteiger partial charge in [0.2, 0.25) is 5.91 Å². The smallest absolute Gasteiger partial charge is 0.240 e.